The Hall–Kier alpha value is -3.89. The summed E-state index contributed by atoms with van der Waals surface area (Å²) in [6.45, 7) is 8.76. The Morgan fingerprint density at radius 3 is 2.54 bits per heavy atom. The molecule has 13 nitrogen and oxygen atoms in total. The molecular formula is C34H43F3N8O5SSi. The molecule has 280 valence electrons. The summed E-state index contributed by atoms with van der Waals surface area (Å²) < 4.78 is 83.8. The molecule has 1 saturated carbocycles. The summed E-state index contributed by atoms with van der Waals surface area (Å²) in [6, 6.07) is 7.66. The summed E-state index contributed by atoms with van der Waals surface area (Å²) in [4.78, 5) is 15.1. The fourth-order valence-corrected chi connectivity index (χ4v) is 7.87. The second-order valence-electron chi connectivity index (χ2n) is 14.9. The van der Waals surface area contributed by atoms with Crippen molar-refractivity contribution in [3.63, 3.8) is 0 Å². The topological polar surface area (TPSA) is 150 Å². The van der Waals surface area contributed by atoms with Gasteiger partial charge in [-0.25, -0.2) is 15.0 Å². The van der Waals surface area contributed by atoms with Crippen molar-refractivity contribution in [3.05, 3.63) is 54.4 Å². The molecule has 0 N–H and O–H groups in total. The van der Waals surface area contributed by atoms with Crippen LogP contribution in [0.15, 0.2) is 43.1 Å². The standard InChI is InChI=1S/C34H43F3N8O5SSi/c1-51(46,47)49-19-24-15-29(34(35,36)37)42-30(16-24)50-27-7-5-26(6-8-27)44-20-33(21-44,10-11-38)45-18-25(17-41-45)31-28-9-12-43(32(28)40-22-39-31)23-48-13-14-52(2,3)4/h9,12,15-18,22,26-27H,5-8,10,13-14,19-21,23H2,1-4H3. The third-order valence-corrected chi connectivity index (χ3v) is 11.8. The van der Waals surface area contributed by atoms with Crippen molar-refractivity contribution in [2.45, 2.75) is 95.0 Å². The number of fused-ring (bicyclic) bond motifs is 1. The van der Waals surface area contributed by atoms with Gasteiger partial charge < -0.3 is 14.0 Å². The van der Waals surface area contributed by atoms with E-state index < -0.39 is 42.2 Å². The molecule has 0 bridgehead atoms. The number of rotatable bonds is 14. The highest BCUT2D eigenvalue weighted by molar-refractivity contribution is 7.85. The van der Waals surface area contributed by atoms with Crippen molar-refractivity contribution in [2.75, 3.05) is 26.0 Å². The molecule has 2 fully saturated rings. The molecule has 0 aromatic carbocycles. The number of alkyl halides is 3. The molecule has 6 rings (SSSR count). The molecule has 1 saturated heterocycles. The Balaban J connectivity index is 1.07. The smallest absolute Gasteiger partial charge is 0.433 e. The molecule has 5 heterocycles. The molecule has 0 spiro atoms. The average molecular weight is 761 g/mol. The van der Waals surface area contributed by atoms with Gasteiger partial charge in [0.1, 0.15) is 36.0 Å². The van der Waals surface area contributed by atoms with Crippen LogP contribution in [-0.2, 0) is 44.1 Å². The third kappa shape index (κ3) is 9.00. The van der Waals surface area contributed by atoms with Crippen LogP contribution in [0.25, 0.3) is 22.3 Å². The van der Waals surface area contributed by atoms with E-state index in [1.165, 1.54) is 6.07 Å². The van der Waals surface area contributed by atoms with Crippen LogP contribution in [0.3, 0.4) is 0 Å². The van der Waals surface area contributed by atoms with Crippen molar-refractivity contribution >= 4 is 29.2 Å². The minimum Gasteiger partial charge on any atom is -0.474 e. The van der Waals surface area contributed by atoms with Gasteiger partial charge in [-0.1, -0.05) is 19.6 Å². The van der Waals surface area contributed by atoms with Gasteiger partial charge in [-0.15, -0.1) is 0 Å². The summed E-state index contributed by atoms with van der Waals surface area (Å²) in [5.74, 6) is -0.222. The molecule has 4 aromatic heterocycles. The fraction of sp³-hybridized carbons (Fsp3) is 0.559. The van der Waals surface area contributed by atoms with Gasteiger partial charge in [0, 0.05) is 63.2 Å². The summed E-state index contributed by atoms with van der Waals surface area (Å²) in [7, 11) is -5.05. The normalized spacial score (nSPS) is 19.7. The molecule has 52 heavy (non-hydrogen) atoms. The van der Waals surface area contributed by atoms with Crippen LogP contribution in [0.2, 0.25) is 25.7 Å². The third-order valence-electron chi connectivity index (χ3n) is 9.57. The number of hydrogen-bond donors (Lipinski definition) is 0. The maximum Gasteiger partial charge on any atom is 0.433 e. The van der Waals surface area contributed by atoms with Crippen LogP contribution in [0.1, 0.15) is 43.4 Å². The largest absolute Gasteiger partial charge is 0.474 e. The Labute approximate surface area is 301 Å². The molecule has 1 aliphatic carbocycles. The molecule has 0 radical (unpaired) electrons. The number of halogens is 3. The van der Waals surface area contributed by atoms with Crippen molar-refractivity contribution < 1.29 is 35.2 Å². The van der Waals surface area contributed by atoms with Gasteiger partial charge in [0.15, 0.2) is 0 Å². The van der Waals surface area contributed by atoms with E-state index in [0.29, 0.717) is 39.3 Å². The molecule has 0 atom stereocenters. The zero-order valence-electron chi connectivity index (χ0n) is 29.6. The maximum absolute atomic E-state index is 13.5. The van der Waals surface area contributed by atoms with E-state index in [4.69, 9.17) is 18.8 Å². The van der Waals surface area contributed by atoms with E-state index in [9.17, 15) is 26.9 Å². The summed E-state index contributed by atoms with van der Waals surface area (Å²) in [5.41, 5.74) is 0.665. The van der Waals surface area contributed by atoms with Crippen LogP contribution in [0, 0.1) is 11.3 Å². The predicted octanol–water partition coefficient (Wildman–Crippen LogP) is 5.81. The van der Waals surface area contributed by atoms with Gasteiger partial charge in [-0.3, -0.25) is 13.8 Å². The Kier molecular flexibility index (Phi) is 10.8. The highest BCUT2D eigenvalue weighted by Crippen LogP contribution is 2.39. The lowest BCUT2D eigenvalue weighted by Crippen LogP contribution is -2.65. The minimum absolute atomic E-state index is 0.00652. The van der Waals surface area contributed by atoms with Gasteiger partial charge in [0.05, 0.1) is 37.2 Å². The lowest BCUT2D eigenvalue weighted by Gasteiger charge is -2.53. The van der Waals surface area contributed by atoms with E-state index in [2.05, 4.69) is 45.6 Å². The van der Waals surface area contributed by atoms with Crippen LogP contribution in [0.4, 0.5) is 13.2 Å². The first-order valence-electron chi connectivity index (χ1n) is 17.2. The van der Waals surface area contributed by atoms with Gasteiger partial charge in [-0.05, 0) is 49.4 Å². The highest BCUT2D eigenvalue weighted by atomic mass is 32.2. The zero-order chi connectivity index (χ0) is 37.3. The molecule has 1 aliphatic heterocycles. The Bertz CT molecular complexity index is 2030. The van der Waals surface area contributed by atoms with E-state index in [-0.39, 0.29) is 30.0 Å². The van der Waals surface area contributed by atoms with Gasteiger partial charge >= 0.3 is 6.18 Å². The average Bonchev–Trinajstić information content (AvgIpc) is 3.71. The van der Waals surface area contributed by atoms with Crippen molar-refractivity contribution in [1.82, 2.24) is 34.2 Å². The first-order chi connectivity index (χ1) is 24.5. The van der Waals surface area contributed by atoms with Crippen LogP contribution < -0.4 is 4.74 Å². The second kappa shape index (κ2) is 14.9. The molecule has 4 aromatic rings. The first-order valence-corrected chi connectivity index (χ1v) is 22.7. The summed E-state index contributed by atoms with van der Waals surface area (Å²) >= 11 is 0. The SMILES string of the molecule is C[Si](C)(C)CCOCn1ccc2c(-c3cnn(C4(CC#N)CN(C5CCC(Oc6cc(COS(C)(=O)=O)cc(C(F)(F)F)n6)CC5)C4)c3)ncnc21. The number of nitrogens with zero attached hydrogens (tertiary/aromatic N) is 8. The minimum atomic E-state index is -4.74. The summed E-state index contributed by atoms with van der Waals surface area (Å²) in [5, 5.41) is 15.4. The zero-order valence-corrected chi connectivity index (χ0v) is 31.5. The van der Waals surface area contributed by atoms with E-state index >= 15 is 0 Å². The predicted molar refractivity (Wildman–Crippen MR) is 188 cm³/mol. The molecule has 18 heteroatoms. The number of nitriles is 1. The summed E-state index contributed by atoms with van der Waals surface area (Å²) in [6.07, 6.45) is 5.90. The number of hydrogen-bond acceptors (Lipinski definition) is 11. The monoisotopic (exact) mass is 760 g/mol. The number of aromatic nitrogens is 6. The second-order valence-corrected chi connectivity index (χ2v) is 22.2. The Morgan fingerprint density at radius 2 is 1.87 bits per heavy atom. The van der Waals surface area contributed by atoms with E-state index in [1.807, 2.05) is 27.7 Å². The van der Waals surface area contributed by atoms with Crippen molar-refractivity contribution in [3.8, 4) is 23.2 Å². The number of ether oxygens (including phenoxy) is 2. The number of pyridine rings is 1. The van der Waals surface area contributed by atoms with E-state index in [0.717, 1.165) is 53.5 Å². The highest BCUT2D eigenvalue weighted by Gasteiger charge is 2.48. The van der Waals surface area contributed by atoms with Crippen LogP contribution >= 0.6 is 0 Å². The van der Waals surface area contributed by atoms with Gasteiger partial charge in [0.2, 0.25) is 5.88 Å². The lowest BCUT2D eigenvalue weighted by molar-refractivity contribution is -0.141. The maximum atomic E-state index is 13.5. The van der Waals surface area contributed by atoms with Crippen LogP contribution in [-0.4, -0.2) is 88.8 Å². The van der Waals surface area contributed by atoms with Gasteiger partial charge in [0.25, 0.3) is 10.1 Å². The van der Waals surface area contributed by atoms with Crippen molar-refractivity contribution in [1.29, 1.82) is 5.26 Å². The van der Waals surface area contributed by atoms with Crippen LogP contribution in [0.5, 0.6) is 5.88 Å². The number of likely N-dealkylation sites (tertiary alicyclic amines) is 1. The lowest BCUT2D eigenvalue weighted by atomic mass is 9.82. The Morgan fingerprint density at radius 1 is 1.12 bits per heavy atom. The molecule has 2 aliphatic rings. The molecule has 0 amide bonds. The van der Waals surface area contributed by atoms with E-state index in [1.54, 1.807) is 12.5 Å². The molecule has 0 unspecified atom stereocenters. The fourth-order valence-electron chi connectivity index (χ4n) is 6.76. The first kappa shape index (κ1) is 37.9. The quantitative estimate of drug-likeness (QED) is 0.0871. The molecular weight excluding hydrogens is 718 g/mol. The van der Waals surface area contributed by atoms with Gasteiger partial charge in [-0.2, -0.15) is 31.9 Å². The van der Waals surface area contributed by atoms with Crippen molar-refractivity contribution in [2.24, 2.45) is 0 Å².